The van der Waals surface area contributed by atoms with E-state index in [1.807, 2.05) is 6.92 Å². The Morgan fingerprint density at radius 2 is 1.94 bits per heavy atom. The Kier molecular flexibility index (Phi) is 5.93. The number of oxime groups is 1. The molecule has 1 unspecified atom stereocenters. The normalized spacial score (nSPS) is 21.4. The molecule has 1 rings (SSSR count). The SMILES string of the molecule is CC(C)CC1(CNCC(C)C(N)=NO)CCCC1. The van der Waals surface area contributed by atoms with Crippen LogP contribution in [0.2, 0.25) is 0 Å². The summed E-state index contributed by atoms with van der Waals surface area (Å²) in [5.41, 5.74) is 6.07. The summed E-state index contributed by atoms with van der Waals surface area (Å²) >= 11 is 0. The molecule has 0 aromatic carbocycles. The smallest absolute Gasteiger partial charge is 0.143 e. The van der Waals surface area contributed by atoms with Crippen LogP contribution in [0.4, 0.5) is 0 Å². The Hall–Kier alpha value is -0.770. The predicted octanol–water partition coefficient (Wildman–Crippen LogP) is 2.57. The van der Waals surface area contributed by atoms with Crippen LogP contribution in [0.1, 0.15) is 52.9 Å². The van der Waals surface area contributed by atoms with Gasteiger partial charge in [-0.3, -0.25) is 0 Å². The summed E-state index contributed by atoms with van der Waals surface area (Å²) in [5, 5.41) is 15.2. The van der Waals surface area contributed by atoms with Crippen LogP contribution in [-0.4, -0.2) is 24.1 Å². The molecule has 1 aliphatic carbocycles. The second kappa shape index (κ2) is 6.98. The van der Waals surface area contributed by atoms with Gasteiger partial charge in [-0.15, -0.1) is 0 Å². The molecule has 1 aliphatic rings. The number of hydrogen-bond acceptors (Lipinski definition) is 3. The lowest BCUT2D eigenvalue weighted by Gasteiger charge is -2.31. The van der Waals surface area contributed by atoms with E-state index >= 15 is 0 Å². The van der Waals surface area contributed by atoms with Crippen molar-refractivity contribution < 1.29 is 5.21 Å². The van der Waals surface area contributed by atoms with Gasteiger partial charge in [0.05, 0.1) is 0 Å². The highest BCUT2D eigenvalue weighted by Gasteiger charge is 2.33. The van der Waals surface area contributed by atoms with Crippen molar-refractivity contribution in [3.05, 3.63) is 0 Å². The van der Waals surface area contributed by atoms with Crippen molar-refractivity contribution in [1.82, 2.24) is 5.32 Å². The summed E-state index contributed by atoms with van der Waals surface area (Å²) in [6.07, 6.45) is 6.72. The van der Waals surface area contributed by atoms with Crippen molar-refractivity contribution in [2.45, 2.75) is 52.9 Å². The van der Waals surface area contributed by atoms with Gasteiger partial charge in [0.2, 0.25) is 0 Å². The molecule has 4 nitrogen and oxygen atoms in total. The summed E-state index contributed by atoms with van der Waals surface area (Å²) in [7, 11) is 0. The maximum absolute atomic E-state index is 8.62. The highest BCUT2D eigenvalue weighted by atomic mass is 16.4. The Morgan fingerprint density at radius 1 is 1.33 bits per heavy atom. The molecule has 0 aliphatic heterocycles. The lowest BCUT2D eigenvalue weighted by atomic mass is 9.78. The van der Waals surface area contributed by atoms with Crippen LogP contribution >= 0.6 is 0 Å². The fourth-order valence-corrected chi connectivity index (χ4v) is 3.20. The third-order valence-corrected chi connectivity index (χ3v) is 4.08. The highest BCUT2D eigenvalue weighted by molar-refractivity contribution is 5.82. The zero-order chi connectivity index (χ0) is 13.6. The van der Waals surface area contributed by atoms with E-state index in [1.165, 1.54) is 32.1 Å². The van der Waals surface area contributed by atoms with Gasteiger partial charge in [-0.05, 0) is 30.6 Å². The van der Waals surface area contributed by atoms with Crippen LogP contribution in [0, 0.1) is 17.3 Å². The van der Waals surface area contributed by atoms with E-state index in [-0.39, 0.29) is 5.92 Å². The first-order chi connectivity index (χ1) is 8.49. The van der Waals surface area contributed by atoms with E-state index in [0.29, 0.717) is 11.3 Å². The molecule has 0 saturated heterocycles. The van der Waals surface area contributed by atoms with E-state index in [9.17, 15) is 0 Å². The standard InChI is InChI=1S/C14H29N3O/c1-11(2)8-14(6-4-5-7-14)10-16-9-12(3)13(15)17-18/h11-12,16,18H,4-10H2,1-3H3,(H2,15,17). The van der Waals surface area contributed by atoms with Crippen LogP contribution in [-0.2, 0) is 0 Å². The Bertz CT molecular complexity index is 270. The van der Waals surface area contributed by atoms with Gasteiger partial charge in [0.1, 0.15) is 5.84 Å². The fourth-order valence-electron chi connectivity index (χ4n) is 3.20. The number of rotatable bonds is 7. The second-order valence-electron chi connectivity index (χ2n) is 6.36. The monoisotopic (exact) mass is 255 g/mol. The number of nitrogens with zero attached hydrogens (tertiary/aromatic N) is 1. The minimum atomic E-state index is 0.0903. The van der Waals surface area contributed by atoms with Crippen LogP contribution in [0.5, 0.6) is 0 Å². The van der Waals surface area contributed by atoms with Gasteiger partial charge in [-0.25, -0.2) is 0 Å². The van der Waals surface area contributed by atoms with Crippen molar-refractivity contribution in [1.29, 1.82) is 0 Å². The molecule has 0 spiro atoms. The van der Waals surface area contributed by atoms with Crippen molar-refractivity contribution in [2.24, 2.45) is 28.1 Å². The molecular formula is C14H29N3O. The molecule has 0 aromatic heterocycles. The lowest BCUT2D eigenvalue weighted by molar-refractivity contribution is 0.222. The van der Waals surface area contributed by atoms with E-state index in [1.54, 1.807) is 0 Å². The second-order valence-corrected chi connectivity index (χ2v) is 6.36. The third-order valence-electron chi connectivity index (χ3n) is 4.08. The first-order valence-electron chi connectivity index (χ1n) is 7.17. The molecule has 4 N–H and O–H groups in total. The first-order valence-corrected chi connectivity index (χ1v) is 7.17. The summed E-state index contributed by atoms with van der Waals surface area (Å²) in [6, 6.07) is 0. The maximum Gasteiger partial charge on any atom is 0.143 e. The Balaban J connectivity index is 2.39. The van der Waals surface area contributed by atoms with Crippen molar-refractivity contribution in [3.63, 3.8) is 0 Å². The zero-order valence-electron chi connectivity index (χ0n) is 12.1. The molecule has 18 heavy (non-hydrogen) atoms. The Morgan fingerprint density at radius 3 is 2.44 bits per heavy atom. The van der Waals surface area contributed by atoms with Crippen molar-refractivity contribution in [3.8, 4) is 0 Å². The predicted molar refractivity (Wildman–Crippen MR) is 75.8 cm³/mol. The molecular weight excluding hydrogens is 226 g/mol. The van der Waals surface area contributed by atoms with Gasteiger partial charge < -0.3 is 16.3 Å². The summed E-state index contributed by atoms with van der Waals surface area (Å²) in [5.74, 6) is 1.16. The summed E-state index contributed by atoms with van der Waals surface area (Å²) in [4.78, 5) is 0. The summed E-state index contributed by atoms with van der Waals surface area (Å²) < 4.78 is 0. The average Bonchev–Trinajstić information content (AvgIpc) is 2.75. The minimum Gasteiger partial charge on any atom is -0.409 e. The molecule has 1 fully saturated rings. The molecule has 106 valence electrons. The Labute approximate surface area is 111 Å². The van der Waals surface area contributed by atoms with Gasteiger partial charge in [0, 0.05) is 19.0 Å². The molecule has 1 saturated carbocycles. The molecule has 1 atom stereocenters. The number of nitrogens with one attached hydrogen (secondary N) is 1. The quantitative estimate of drug-likeness (QED) is 0.283. The molecule has 0 amide bonds. The summed E-state index contributed by atoms with van der Waals surface area (Å²) in [6.45, 7) is 8.44. The van der Waals surface area contributed by atoms with E-state index in [2.05, 4.69) is 24.3 Å². The number of nitrogens with two attached hydrogens (primary N) is 1. The van der Waals surface area contributed by atoms with Crippen molar-refractivity contribution in [2.75, 3.05) is 13.1 Å². The van der Waals surface area contributed by atoms with Crippen LogP contribution in [0.25, 0.3) is 0 Å². The first kappa shape index (κ1) is 15.3. The number of hydrogen-bond donors (Lipinski definition) is 3. The zero-order valence-corrected chi connectivity index (χ0v) is 12.1. The van der Waals surface area contributed by atoms with E-state index < -0.39 is 0 Å². The third kappa shape index (κ3) is 4.48. The van der Waals surface area contributed by atoms with Gasteiger partial charge in [-0.1, -0.05) is 38.8 Å². The largest absolute Gasteiger partial charge is 0.409 e. The van der Waals surface area contributed by atoms with E-state index in [0.717, 1.165) is 19.0 Å². The molecule has 0 aromatic rings. The van der Waals surface area contributed by atoms with Gasteiger partial charge in [0.25, 0.3) is 0 Å². The van der Waals surface area contributed by atoms with Crippen LogP contribution in [0.15, 0.2) is 5.16 Å². The lowest BCUT2D eigenvalue weighted by Crippen LogP contribution is -2.38. The minimum absolute atomic E-state index is 0.0903. The van der Waals surface area contributed by atoms with Crippen LogP contribution in [0.3, 0.4) is 0 Å². The molecule has 4 heteroatoms. The average molecular weight is 255 g/mol. The highest BCUT2D eigenvalue weighted by Crippen LogP contribution is 2.42. The van der Waals surface area contributed by atoms with Crippen LogP contribution < -0.4 is 11.1 Å². The number of amidine groups is 1. The van der Waals surface area contributed by atoms with Gasteiger partial charge >= 0.3 is 0 Å². The molecule has 0 radical (unpaired) electrons. The van der Waals surface area contributed by atoms with E-state index in [4.69, 9.17) is 10.9 Å². The van der Waals surface area contributed by atoms with Gasteiger partial charge in [-0.2, -0.15) is 0 Å². The topological polar surface area (TPSA) is 70.6 Å². The fraction of sp³-hybridized carbons (Fsp3) is 0.929. The molecule has 0 bridgehead atoms. The van der Waals surface area contributed by atoms with Crippen molar-refractivity contribution >= 4 is 5.84 Å². The maximum atomic E-state index is 8.62. The van der Waals surface area contributed by atoms with Gasteiger partial charge in [0.15, 0.2) is 0 Å². The molecule has 0 heterocycles.